The van der Waals surface area contributed by atoms with Crippen LogP contribution in [0.4, 0.5) is 0 Å². The monoisotopic (exact) mass is 292 g/mol. The van der Waals surface area contributed by atoms with Crippen molar-refractivity contribution >= 4 is 17.3 Å². The fourth-order valence-corrected chi connectivity index (χ4v) is 3.40. The standard InChI is InChI=1S/C18H12O4/c19-12-5-1-3-9-7-8-11-16(14(9)12)18(22)15-10(17(11)21)4-2-6-13(15)20/h2,4,6-8,20H,1,3,5H2. The number of fused-ring (bicyclic) bond motifs is 4. The molecule has 0 heterocycles. The van der Waals surface area contributed by atoms with E-state index in [-0.39, 0.29) is 39.6 Å². The van der Waals surface area contributed by atoms with E-state index in [0.29, 0.717) is 12.0 Å². The quantitative estimate of drug-likeness (QED) is 0.691. The van der Waals surface area contributed by atoms with E-state index in [4.69, 9.17) is 0 Å². The Balaban J connectivity index is 2.07. The average molecular weight is 292 g/mol. The first-order chi connectivity index (χ1) is 10.6. The summed E-state index contributed by atoms with van der Waals surface area (Å²) in [5.74, 6) is -1.07. The number of hydrogen-bond acceptors (Lipinski definition) is 4. The van der Waals surface area contributed by atoms with E-state index in [9.17, 15) is 19.5 Å². The van der Waals surface area contributed by atoms with Crippen molar-refractivity contribution < 1.29 is 19.5 Å². The van der Waals surface area contributed by atoms with Gasteiger partial charge in [0, 0.05) is 28.7 Å². The minimum absolute atomic E-state index is 0.00627. The molecule has 0 amide bonds. The lowest BCUT2D eigenvalue weighted by Crippen LogP contribution is -2.26. The first-order valence-electron chi connectivity index (χ1n) is 7.20. The molecule has 2 aliphatic carbocycles. The molecule has 4 heteroatoms. The first-order valence-corrected chi connectivity index (χ1v) is 7.20. The van der Waals surface area contributed by atoms with E-state index in [1.165, 1.54) is 18.2 Å². The molecule has 0 bridgehead atoms. The molecule has 2 aromatic carbocycles. The molecular weight excluding hydrogens is 280 g/mol. The van der Waals surface area contributed by atoms with Crippen molar-refractivity contribution in [3.8, 4) is 5.75 Å². The fourth-order valence-electron chi connectivity index (χ4n) is 3.40. The van der Waals surface area contributed by atoms with Gasteiger partial charge in [-0.15, -0.1) is 0 Å². The Labute approximate surface area is 126 Å². The van der Waals surface area contributed by atoms with Gasteiger partial charge in [0.2, 0.25) is 0 Å². The van der Waals surface area contributed by atoms with E-state index < -0.39 is 5.78 Å². The second-order valence-electron chi connectivity index (χ2n) is 5.66. The first kappa shape index (κ1) is 13.0. The summed E-state index contributed by atoms with van der Waals surface area (Å²) in [7, 11) is 0. The molecule has 2 aromatic rings. The van der Waals surface area contributed by atoms with Gasteiger partial charge in [-0.25, -0.2) is 0 Å². The molecule has 0 aromatic heterocycles. The molecule has 0 saturated carbocycles. The lowest BCUT2D eigenvalue weighted by atomic mass is 9.76. The summed E-state index contributed by atoms with van der Waals surface area (Å²) < 4.78 is 0. The van der Waals surface area contributed by atoms with Crippen molar-refractivity contribution in [2.45, 2.75) is 19.3 Å². The Hall–Kier alpha value is -2.75. The highest BCUT2D eigenvalue weighted by molar-refractivity contribution is 6.32. The molecule has 4 nitrogen and oxygen atoms in total. The molecule has 1 N–H and O–H groups in total. The van der Waals surface area contributed by atoms with Crippen LogP contribution >= 0.6 is 0 Å². The summed E-state index contributed by atoms with van der Waals surface area (Å²) in [5, 5.41) is 9.98. The second kappa shape index (κ2) is 4.37. The number of aryl methyl sites for hydroxylation is 1. The largest absolute Gasteiger partial charge is 0.507 e. The van der Waals surface area contributed by atoms with Gasteiger partial charge in [0.15, 0.2) is 17.3 Å². The number of phenols is 1. The Morgan fingerprint density at radius 1 is 0.773 bits per heavy atom. The predicted octanol–water partition coefficient (Wildman–Crippen LogP) is 2.69. The Morgan fingerprint density at radius 3 is 2.36 bits per heavy atom. The zero-order chi connectivity index (χ0) is 15.4. The Bertz CT molecular complexity index is 877. The molecule has 0 radical (unpaired) electrons. The number of carbonyl (C=O) groups excluding carboxylic acids is 3. The third kappa shape index (κ3) is 1.55. The number of benzene rings is 2. The maximum atomic E-state index is 12.8. The minimum Gasteiger partial charge on any atom is -0.507 e. The lowest BCUT2D eigenvalue weighted by molar-refractivity contribution is 0.0948. The van der Waals surface area contributed by atoms with Gasteiger partial charge < -0.3 is 5.11 Å². The van der Waals surface area contributed by atoms with Gasteiger partial charge in [0.1, 0.15) is 5.75 Å². The van der Waals surface area contributed by atoms with Crippen LogP contribution in [-0.2, 0) is 6.42 Å². The van der Waals surface area contributed by atoms with E-state index in [1.54, 1.807) is 12.1 Å². The van der Waals surface area contributed by atoms with Gasteiger partial charge in [-0.2, -0.15) is 0 Å². The normalized spacial score (nSPS) is 16.1. The average Bonchev–Trinajstić information content (AvgIpc) is 2.52. The minimum atomic E-state index is -0.435. The van der Waals surface area contributed by atoms with Crippen LogP contribution in [0, 0.1) is 0 Å². The third-order valence-corrected chi connectivity index (χ3v) is 4.41. The van der Waals surface area contributed by atoms with Gasteiger partial charge in [0.25, 0.3) is 0 Å². The number of ketones is 3. The van der Waals surface area contributed by atoms with Crippen molar-refractivity contribution in [1.82, 2.24) is 0 Å². The molecule has 4 rings (SSSR count). The molecule has 108 valence electrons. The van der Waals surface area contributed by atoms with Crippen LogP contribution in [-0.4, -0.2) is 22.5 Å². The van der Waals surface area contributed by atoms with Gasteiger partial charge in [-0.05, 0) is 30.5 Å². The van der Waals surface area contributed by atoms with E-state index in [2.05, 4.69) is 0 Å². The van der Waals surface area contributed by atoms with Gasteiger partial charge in [-0.3, -0.25) is 14.4 Å². The van der Waals surface area contributed by atoms with Crippen molar-refractivity contribution in [3.63, 3.8) is 0 Å². The molecular formula is C18H12O4. The zero-order valence-electron chi connectivity index (χ0n) is 11.7. The number of aromatic hydroxyl groups is 1. The van der Waals surface area contributed by atoms with Crippen molar-refractivity contribution in [1.29, 1.82) is 0 Å². The topological polar surface area (TPSA) is 71.4 Å². The van der Waals surface area contributed by atoms with Crippen molar-refractivity contribution in [3.05, 3.63) is 63.7 Å². The summed E-state index contributed by atoms with van der Waals surface area (Å²) in [6.45, 7) is 0. The van der Waals surface area contributed by atoms with Gasteiger partial charge in [0.05, 0.1) is 5.56 Å². The fraction of sp³-hybridized carbons (Fsp3) is 0.167. The van der Waals surface area contributed by atoms with Crippen molar-refractivity contribution in [2.75, 3.05) is 0 Å². The van der Waals surface area contributed by atoms with Crippen LogP contribution in [0.3, 0.4) is 0 Å². The molecule has 0 unspecified atom stereocenters. The highest BCUT2D eigenvalue weighted by Crippen LogP contribution is 2.37. The van der Waals surface area contributed by atoms with Crippen LogP contribution in [0.5, 0.6) is 5.75 Å². The lowest BCUT2D eigenvalue weighted by Gasteiger charge is -2.24. The zero-order valence-corrected chi connectivity index (χ0v) is 11.7. The summed E-state index contributed by atoms with van der Waals surface area (Å²) >= 11 is 0. The highest BCUT2D eigenvalue weighted by Gasteiger charge is 2.36. The van der Waals surface area contributed by atoms with Crippen LogP contribution in [0.2, 0.25) is 0 Å². The number of hydrogen-bond donors (Lipinski definition) is 1. The SMILES string of the molecule is O=C1c2cccc(O)c2C(=O)c2c1ccc1c2C(=O)CCC1. The second-order valence-corrected chi connectivity index (χ2v) is 5.66. The maximum Gasteiger partial charge on any atom is 0.198 e. The molecule has 0 saturated heterocycles. The van der Waals surface area contributed by atoms with Crippen LogP contribution in [0.25, 0.3) is 0 Å². The molecule has 0 fully saturated rings. The van der Waals surface area contributed by atoms with Crippen LogP contribution in [0.1, 0.15) is 60.6 Å². The van der Waals surface area contributed by atoms with Crippen LogP contribution < -0.4 is 0 Å². The maximum absolute atomic E-state index is 12.8. The number of rotatable bonds is 0. The summed E-state index contributed by atoms with van der Waals surface area (Å²) in [6.07, 6.45) is 1.87. The summed E-state index contributed by atoms with van der Waals surface area (Å²) in [6, 6.07) is 7.84. The summed E-state index contributed by atoms with van der Waals surface area (Å²) in [5.41, 5.74) is 1.82. The number of Topliss-reactive ketones (excluding diaryl/α,β-unsaturated/α-hetero) is 1. The number of phenolic OH excluding ortho intramolecular Hbond substituents is 1. The van der Waals surface area contributed by atoms with Crippen molar-refractivity contribution in [2.24, 2.45) is 0 Å². The highest BCUT2D eigenvalue weighted by atomic mass is 16.3. The predicted molar refractivity (Wildman–Crippen MR) is 78.7 cm³/mol. The Kier molecular flexibility index (Phi) is 2.57. The van der Waals surface area contributed by atoms with E-state index >= 15 is 0 Å². The smallest absolute Gasteiger partial charge is 0.198 e. The molecule has 22 heavy (non-hydrogen) atoms. The number of carbonyl (C=O) groups is 3. The molecule has 0 aliphatic heterocycles. The Morgan fingerprint density at radius 2 is 1.55 bits per heavy atom. The molecule has 2 aliphatic rings. The molecule has 0 atom stereocenters. The van der Waals surface area contributed by atoms with Crippen LogP contribution in [0.15, 0.2) is 30.3 Å². The molecule has 0 spiro atoms. The van der Waals surface area contributed by atoms with Gasteiger partial charge >= 0.3 is 0 Å². The van der Waals surface area contributed by atoms with E-state index in [0.717, 1.165) is 18.4 Å². The van der Waals surface area contributed by atoms with E-state index in [1.807, 2.05) is 0 Å². The van der Waals surface area contributed by atoms with Gasteiger partial charge in [-0.1, -0.05) is 18.2 Å². The third-order valence-electron chi connectivity index (χ3n) is 4.41. The summed E-state index contributed by atoms with van der Waals surface area (Å²) in [4.78, 5) is 37.7.